The number of aliphatic carboxylic acids is 1. The van der Waals surface area contributed by atoms with Crippen molar-refractivity contribution in [1.82, 2.24) is 4.90 Å². The van der Waals surface area contributed by atoms with Crippen molar-refractivity contribution in [2.75, 3.05) is 6.54 Å². The van der Waals surface area contributed by atoms with E-state index < -0.39 is 5.97 Å². The van der Waals surface area contributed by atoms with E-state index in [1.54, 1.807) is 4.90 Å². The van der Waals surface area contributed by atoms with Gasteiger partial charge >= 0.3 is 5.97 Å². The van der Waals surface area contributed by atoms with Crippen molar-refractivity contribution in [3.63, 3.8) is 0 Å². The number of carbonyl (C=O) groups is 2. The van der Waals surface area contributed by atoms with Crippen LogP contribution in [0.3, 0.4) is 0 Å². The summed E-state index contributed by atoms with van der Waals surface area (Å²) in [6, 6.07) is -0.0752. The van der Waals surface area contributed by atoms with E-state index >= 15 is 0 Å². The first-order valence-corrected chi connectivity index (χ1v) is 7.17. The zero-order valence-corrected chi connectivity index (χ0v) is 12.9. The maximum Gasteiger partial charge on any atom is 0.305 e. The Bertz CT molecular complexity index is 184. The standard InChI is InChI=1S/C8H13NO3.3C2H6/c10-6-9-4-2-1-3-7(9)5-8(11)12;3*1-2/h6-7H,1-5H2,(H,11,12);3*1-2H3. The molecule has 0 radical (unpaired) electrons. The smallest absolute Gasteiger partial charge is 0.305 e. The molecule has 1 unspecified atom stereocenters. The second-order valence-corrected chi connectivity index (χ2v) is 3.09. The predicted octanol–water partition coefficient (Wildman–Crippen LogP) is 3.55. The third-order valence-electron chi connectivity index (χ3n) is 2.22. The maximum atomic E-state index is 10.5. The number of hydrogen-bond donors (Lipinski definition) is 1. The first-order valence-electron chi connectivity index (χ1n) is 7.17. The van der Waals surface area contributed by atoms with Crippen molar-refractivity contribution in [2.45, 2.75) is 73.3 Å². The van der Waals surface area contributed by atoms with Gasteiger partial charge in [-0.3, -0.25) is 9.59 Å². The molecule has 4 heteroatoms. The lowest BCUT2D eigenvalue weighted by Crippen LogP contribution is -2.39. The Hall–Kier alpha value is -1.06. The van der Waals surface area contributed by atoms with Crippen LogP contribution in [-0.2, 0) is 9.59 Å². The number of rotatable bonds is 3. The topological polar surface area (TPSA) is 57.6 Å². The highest BCUT2D eigenvalue weighted by atomic mass is 16.4. The summed E-state index contributed by atoms with van der Waals surface area (Å²) in [5.74, 6) is -0.825. The Morgan fingerprint density at radius 2 is 1.67 bits per heavy atom. The van der Waals surface area contributed by atoms with Crippen LogP contribution in [0.2, 0.25) is 0 Å². The molecule has 0 aromatic carbocycles. The minimum absolute atomic E-state index is 0.0752. The lowest BCUT2D eigenvalue weighted by atomic mass is 10.0. The van der Waals surface area contributed by atoms with Crippen molar-refractivity contribution in [3.8, 4) is 0 Å². The fraction of sp³-hybridized carbons (Fsp3) is 0.857. The molecular weight excluding hydrogens is 230 g/mol. The number of carbonyl (C=O) groups excluding carboxylic acids is 1. The zero-order chi connectivity index (χ0) is 15.0. The third kappa shape index (κ3) is 11.4. The monoisotopic (exact) mass is 261 g/mol. The van der Waals surface area contributed by atoms with Crippen LogP contribution in [0.25, 0.3) is 0 Å². The van der Waals surface area contributed by atoms with Gasteiger partial charge in [0.05, 0.1) is 6.42 Å². The molecular formula is C14H31NO3. The Morgan fingerprint density at radius 3 is 2.06 bits per heavy atom. The van der Waals surface area contributed by atoms with Gasteiger partial charge in [-0.2, -0.15) is 0 Å². The predicted molar refractivity (Wildman–Crippen MR) is 76.7 cm³/mol. The molecule has 0 aromatic rings. The van der Waals surface area contributed by atoms with Gasteiger partial charge in [-0.25, -0.2) is 0 Å². The van der Waals surface area contributed by atoms with Gasteiger partial charge in [0.1, 0.15) is 0 Å². The summed E-state index contributed by atoms with van der Waals surface area (Å²) in [7, 11) is 0. The molecule has 1 rings (SSSR count). The molecule has 0 saturated carbocycles. The second-order valence-electron chi connectivity index (χ2n) is 3.09. The van der Waals surface area contributed by atoms with Crippen molar-refractivity contribution < 1.29 is 14.7 Å². The molecule has 0 bridgehead atoms. The summed E-state index contributed by atoms with van der Waals surface area (Å²) in [6.45, 7) is 12.7. The molecule has 1 amide bonds. The highest BCUT2D eigenvalue weighted by Crippen LogP contribution is 2.17. The SMILES string of the molecule is CC.CC.CC.O=CN1CCCCC1CC(=O)O. The Morgan fingerprint density at radius 1 is 1.17 bits per heavy atom. The van der Waals surface area contributed by atoms with E-state index in [1.807, 2.05) is 41.5 Å². The van der Waals surface area contributed by atoms with Gasteiger partial charge in [0.25, 0.3) is 0 Å². The van der Waals surface area contributed by atoms with E-state index in [0.717, 1.165) is 25.7 Å². The van der Waals surface area contributed by atoms with E-state index in [0.29, 0.717) is 6.54 Å². The Kier molecular flexibility index (Phi) is 22.5. The maximum absolute atomic E-state index is 10.5. The van der Waals surface area contributed by atoms with Crippen LogP contribution < -0.4 is 0 Å². The van der Waals surface area contributed by atoms with Crippen molar-refractivity contribution >= 4 is 12.4 Å². The molecule has 1 heterocycles. The number of carboxylic acids is 1. The highest BCUT2D eigenvalue weighted by Gasteiger charge is 2.22. The van der Waals surface area contributed by atoms with Crippen molar-refractivity contribution in [2.24, 2.45) is 0 Å². The number of likely N-dealkylation sites (tertiary alicyclic amines) is 1. The number of hydrogen-bond acceptors (Lipinski definition) is 2. The van der Waals surface area contributed by atoms with Gasteiger partial charge in [0.2, 0.25) is 6.41 Å². The van der Waals surface area contributed by atoms with Gasteiger partial charge in [-0.15, -0.1) is 0 Å². The fourth-order valence-corrected chi connectivity index (χ4v) is 1.58. The minimum Gasteiger partial charge on any atom is -0.481 e. The van der Waals surface area contributed by atoms with Gasteiger partial charge in [0, 0.05) is 12.6 Å². The average Bonchev–Trinajstić information content (AvgIpc) is 2.45. The third-order valence-corrected chi connectivity index (χ3v) is 2.22. The molecule has 110 valence electrons. The molecule has 18 heavy (non-hydrogen) atoms. The molecule has 1 aliphatic rings. The summed E-state index contributed by atoms with van der Waals surface area (Å²) in [5, 5.41) is 8.54. The zero-order valence-electron chi connectivity index (χ0n) is 12.9. The van der Waals surface area contributed by atoms with Crippen LogP contribution in [-0.4, -0.2) is 35.0 Å². The molecule has 1 atom stereocenters. The summed E-state index contributed by atoms with van der Waals surface area (Å²) in [6.07, 6.45) is 3.69. The second kappa shape index (κ2) is 18.3. The van der Waals surface area contributed by atoms with E-state index in [9.17, 15) is 9.59 Å². The highest BCUT2D eigenvalue weighted by molar-refractivity contribution is 5.68. The number of nitrogens with zero attached hydrogens (tertiary/aromatic N) is 1. The molecule has 4 nitrogen and oxygen atoms in total. The number of carboxylic acid groups (broad SMARTS) is 1. The molecule has 1 saturated heterocycles. The summed E-state index contributed by atoms with van der Waals surface area (Å²) < 4.78 is 0. The van der Waals surface area contributed by atoms with E-state index in [2.05, 4.69) is 0 Å². The van der Waals surface area contributed by atoms with Crippen LogP contribution >= 0.6 is 0 Å². The van der Waals surface area contributed by atoms with E-state index in [4.69, 9.17) is 5.11 Å². The molecule has 0 aliphatic carbocycles. The summed E-state index contributed by atoms with van der Waals surface area (Å²) in [4.78, 5) is 22.5. The van der Waals surface area contributed by atoms with Crippen molar-refractivity contribution in [3.05, 3.63) is 0 Å². The minimum atomic E-state index is -0.825. The Balaban J connectivity index is -0.000000328. The number of amides is 1. The van der Waals surface area contributed by atoms with Crippen LogP contribution in [0.5, 0.6) is 0 Å². The average molecular weight is 261 g/mol. The Labute approximate surface area is 112 Å². The van der Waals surface area contributed by atoms with Gasteiger partial charge in [-0.05, 0) is 19.3 Å². The summed E-state index contributed by atoms with van der Waals surface area (Å²) in [5.41, 5.74) is 0. The molecule has 1 aliphatic heterocycles. The van der Waals surface area contributed by atoms with Gasteiger partial charge < -0.3 is 10.0 Å². The fourth-order valence-electron chi connectivity index (χ4n) is 1.58. The van der Waals surface area contributed by atoms with E-state index in [-0.39, 0.29) is 12.5 Å². The van der Waals surface area contributed by atoms with Crippen LogP contribution in [0.1, 0.15) is 67.2 Å². The van der Waals surface area contributed by atoms with Gasteiger partial charge in [0.15, 0.2) is 0 Å². The van der Waals surface area contributed by atoms with Gasteiger partial charge in [-0.1, -0.05) is 41.5 Å². The summed E-state index contributed by atoms with van der Waals surface area (Å²) >= 11 is 0. The van der Waals surface area contributed by atoms with Crippen molar-refractivity contribution in [1.29, 1.82) is 0 Å². The number of piperidine rings is 1. The molecule has 1 N–H and O–H groups in total. The molecule has 0 aromatic heterocycles. The lowest BCUT2D eigenvalue weighted by molar-refractivity contribution is -0.139. The van der Waals surface area contributed by atoms with Crippen LogP contribution in [0, 0.1) is 0 Å². The molecule has 1 fully saturated rings. The largest absolute Gasteiger partial charge is 0.481 e. The molecule has 0 spiro atoms. The quantitative estimate of drug-likeness (QED) is 0.790. The normalized spacial score (nSPS) is 16.8. The van der Waals surface area contributed by atoms with Crippen LogP contribution in [0.4, 0.5) is 0 Å². The first-order chi connectivity index (χ1) is 8.74. The van der Waals surface area contributed by atoms with Crippen LogP contribution in [0.15, 0.2) is 0 Å². The first kappa shape index (κ1) is 22.1. The van der Waals surface area contributed by atoms with E-state index in [1.165, 1.54) is 0 Å². The lowest BCUT2D eigenvalue weighted by Gasteiger charge is -2.31.